The summed E-state index contributed by atoms with van der Waals surface area (Å²) in [6.07, 6.45) is 6.54. The van der Waals surface area contributed by atoms with Crippen molar-refractivity contribution in [2.45, 2.75) is 26.4 Å². The van der Waals surface area contributed by atoms with Gasteiger partial charge in [-0.05, 0) is 44.6 Å². The van der Waals surface area contributed by atoms with Crippen LogP contribution in [0.3, 0.4) is 0 Å². The van der Waals surface area contributed by atoms with Crippen LogP contribution in [0.5, 0.6) is 0 Å². The van der Waals surface area contributed by atoms with Crippen molar-refractivity contribution in [2.75, 3.05) is 46.3 Å². The molecule has 5 heteroatoms. The molecule has 1 aromatic rings. The fourth-order valence-corrected chi connectivity index (χ4v) is 2.91. The van der Waals surface area contributed by atoms with Crippen LogP contribution < -0.4 is 10.6 Å². The van der Waals surface area contributed by atoms with Gasteiger partial charge in [-0.2, -0.15) is 0 Å². The molecule has 5 nitrogen and oxygen atoms in total. The smallest absolute Gasteiger partial charge is 0.192 e. The van der Waals surface area contributed by atoms with Gasteiger partial charge in [0.2, 0.25) is 0 Å². The lowest BCUT2D eigenvalue weighted by molar-refractivity contribution is 0.269. The van der Waals surface area contributed by atoms with E-state index < -0.39 is 0 Å². The number of rotatable bonds is 6. The zero-order chi connectivity index (χ0) is 17.9. The first-order valence-corrected chi connectivity index (χ1v) is 9.15. The van der Waals surface area contributed by atoms with E-state index in [0.717, 1.165) is 32.1 Å². The van der Waals surface area contributed by atoms with E-state index in [1.54, 1.807) is 0 Å². The maximum absolute atomic E-state index is 5.29. The molecule has 0 amide bonds. The lowest BCUT2D eigenvalue weighted by Gasteiger charge is -2.20. The van der Waals surface area contributed by atoms with Gasteiger partial charge in [-0.1, -0.05) is 30.2 Å². The van der Waals surface area contributed by atoms with E-state index in [2.05, 4.69) is 62.7 Å². The summed E-state index contributed by atoms with van der Waals surface area (Å²) in [5.74, 6) is 3.33. The molecule has 1 aromatic carbocycles. The second-order valence-corrected chi connectivity index (χ2v) is 6.50. The third-order valence-corrected chi connectivity index (χ3v) is 4.36. The Balaban J connectivity index is 1.87. The van der Waals surface area contributed by atoms with Crippen LogP contribution in [0.4, 0.5) is 0 Å². The van der Waals surface area contributed by atoms with Gasteiger partial charge in [0.05, 0.1) is 13.1 Å². The largest absolute Gasteiger partial charge is 0.357 e. The number of likely N-dealkylation sites (N-methyl/N-ethyl adjacent to an activating group) is 1. The van der Waals surface area contributed by atoms with Gasteiger partial charge in [0.1, 0.15) is 0 Å². The number of nitrogens with one attached hydrogen (secondary N) is 2. The van der Waals surface area contributed by atoms with E-state index in [-0.39, 0.29) is 0 Å². The first-order valence-electron chi connectivity index (χ1n) is 9.15. The Morgan fingerprint density at radius 3 is 2.60 bits per heavy atom. The summed E-state index contributed by atoms with van der Waals surface area (Å²) in [5, 5.41) is 6.30. The molecule has 0 aliphatic carbocycles. The molecule has 0 unspecified atom stereocenters. The van der Waals surface area contributed by atoms with Gasteiger partial charge >= 0.3 is 0 Å². The van der Waals surface area contributed by atoms with E-state index in [4.69, 9.17) is 6.42 Å². The van der Waals surface area contributed by atoms with E-state index >= 15 is 0 Å². The molecular formula is C20H31N5. The number of benzene rings is 1. The second kappa shape index (κ2) is 10.8. The third kappa shape index (κ3) is 7.16. The van der Waals surface area contributed by atoms with Crippen molar-refractivity contribution < 1.29 is 0 Å². The Kier molecular flexibility index (Phi) is 8.30. The van der Waals surface area contributed by atoms with E-state index in [1.165, 1.54) is 30.6 Å². The molecule has 1 fully saturated rings. The van der Waals surface area contributed by atoms with Crippen LogP contribution in [0.2, 0.25) is 0 Å². The van der Waals surface area contributed by atoms with Crippen LogP contribution in [0.1, 0.15) is 24.5 Å². The van der Waals surface area contributed by atoms with E-state index in [1.807, 2.05) is 6.92 Å². The van der Waals surface area contributed by atoms with Crippen LogP contribution in [-0.2, 0) is 13.1 Å². The Bertz CT molecular complexity index is 573. The Hall–Kier alpha value is -2.03. The van der Waals surface area contributed by atoms with E-state index in [0.29, 0.717) is 13.1 Å². The van der Waals surface area contributed by atoms with Gasteiger partial charge in [-0.15, -0.1) is 6.42 Å². The summed E-state index contributed by atoms with van der Waals surface area (Å²) in [6.45, 7) is 9.72. The quantitative estimate of drug-likeness (QED) is 0.468. The summed E-state index contributed by atoms with van der Waals surface area (Å²) in [7, 11) is 2.21. The highest BCUT2D eigenvalue weighted by Crippen LogP contribution is 2.10. The fourth-order valence-electron chi connectivity index (χ4n) is 2.91. The number of hydrogen-bond donors (Lipinski definition) is 2. The first-order chi connectivity index (χ1) is 12.2. The fraction of sp³-hybridized carbons (Fsp3) is 0.550. The van der Waals surface area contributed by atoms with Gasteiger partial charge in [0, 0.05) is 26.2 Å². The molecule has 0 aromatic heterocycles. The lowest BCUT2D eigenvalue weighted by Crippen LogP contribution is -2.37. The average molecular weight is 342 g/mol. The minimum absolute atomic E-state index is 0.482. The monoisotopic (exact) mass is 341 g/mol. The lowest BCUT2D eigenvalue weighted by atomic mass is 10.1. The molecule has 0 bridgehead atoms. The molecule has 1 heterocycles. The number of hydrogen-bond acceptors (Lipinski definition) is 3. The Morgan fingerprint density at radius 2 is 1.88 bits per heavy atom. The van der Waals surface area contributed by atoms with Crippen molar-refractivity contribution in [3.63, 3.8) is 0 Å². The number of guanidine groups is 1. The number of nitrogens with zero attached hydrogens (tertiary/aromatic N) is 3. The van der Waals surface area contributed by atoms with E-state index in [9.17, 15) is 0 Å². The normalized spacial score (nSPS) is 16.9. The molecule has 1 aliphatic heterocycles. The first kappa shape index (κ1) is 19.3. The molecular weight excluding hydrogens is 310 g/mol. The predicted octanol–water partition coefficient (Wildman–Crippen LogP) is 1.51. The van der Waals surface area contributed by atoms with Crippen LogP contribution in [0.25, 0.3) is 0 Å². The zero-order valence-electron chi connectivity index (χ0n) is 15.6. The van der Waals surface area contributed by atoms with Gasteiger partial charge in [-0.25, -0.2) is 4.99 Å². The van der Waals surface area contributed by atoms with Gasteiger partial charge < -0.3 is 15.5 Å². The molecule has 1 aliphatic rings. The molecule has 0 atom stereocenters. The van der Waals surface area contributed by atoms with Gasteiger partial charge in [-0.3, -0.25) is 4.90 Å². The molecule has 0 radical (unpaired) electrons. The molecule has 1 saturated heterocycles. The molecule has 2 N–H and O–H groups in total. The minimum Gasteiger partial charge on any atom is -0.357 e. The summed E-state index contributed by atoms with van der Waals surface area (Å²) >= 11 is 0. The molecule has 25 heavy (non-hydrogen) atoms. The standard InChI is InChI=1S/C20H31N5/c1-4-11-22-20(21-5-2)23-16-18-7-9-19(10-8-18)17-25-13-6-12-24(3)14-15-25/h1,7-10H,5-6,11-17H2,2-3H3,(H2,21,22,23). The average Bonchev–Trinajstić information content (AvgIpc) is 2.83. The van der Waals surface area contributed by atoms with Crippen molar-refractivity contribution in [3.8, 4) is 12.3 Å². The summed E-state index contributed by atoms with van der Waals surface area (Å²) in [5.41, 5.74) is 2.58. The van der Waals surface area contributed by atoms with Crippen molar-refractivity contribution in [1.29, 1.82) is 0 Å². The van der Waals surface area contributed by atoms with Gasteiger partial charge in [0.15, 0.2) is 5.96 Å². The SMILES string of the molecule is C#CCNC(=NCc1ccc(CN2CCCN(C)CC2)cc1)NCC. The second-order valence-electron chi connectivity index (χ2n) is 6.50. The maximum atomic E-state index is 5.29. The summed E-state index contributed by atoms with van der Waals surface area (Å²) in [4.78, 5) is 9.53. The van der Waals surface area contributed by atoms with Crippen LogP contribution in [0, 0.1) is 12.3 Å². The zero-order valence-corrected chi connectivity index (χ0v) is 15.6. The van der Waals surface area contributed by atoms with Crippen LogP contribution in [0.15, 0.2) is 29.3 Å². The third-order valence-electron chi connectivity index (χ3n) is 4.36. The molecule has 0 saturated carbocycles. The highest BCUT2D eigenvalue weighted by Gasteiger charge is 2.12. The topological polar surface area (TPSA) is 42.9 Å². The van der Waals surface area contributed by atoms with Crippen LogP contribution in [-0.4, -0.2) is 62.1 Å². The minimum atomic E-state index is 0.482. The predicted molar refractivity (Wildman–Crippen MR) is 105 cm³/mol. The van der Waals surface area contributed by atoms with Gasteiger partial charge in [0.25, 0.3) is 0 Å². The number of aliphatic imine (C=N–C) groups is 1. The van der Waals surface area contributed by atoms with Crippen LogP contribution >= 0.6 is 0 Å². The Labute approximate surface area is 152 Å². The summed E-state index contributed by atoms with van der Waals surface area (Å²) in [6, 6.07) is 8.80. The van der Waals surface area contributed by atoms with Crippen molar-refractivity contribution in [3.05, 3.63) is 35.4 Å². The highest BCUT2D eigenvalue weighted by atomic mass is 15.2. The van der Waals surface area contributed by atoms with Crippen molar-refractivity contribution in [1.82, 2.24) is 20.4 Å². The molecule has 2 rings (SSSR count). The number of terminal acetylenes is 1. The maximum Gasteiger partial charge on any atom is 0.192 e. The van der Waals surface area contributed by atoms with Crippen molar-refractivity contribution >= 4 is 5.96 Å². The van der Waals surface area contributed by atoms with Crippen molar-refractivity contribution in [2.24, 2.45) is 4.99 Å². The summed E-state index contributed by atoms with van der Waals surface area (Å²) < 4.78 is 0. The Morgan fingerprint density at radius 1 is 1.12 bits per heavy atom. The highest BCUT2D eigenvalue weighted by molar-refractivity contribution is 5.79. The molecule has 136 valence electrons. The molecule has 0 spiro atoms.